The molecule has 0 aliphatic heterocycles. The summed E-state index contributed by atoms with van der Waals surface area (Å²) in [4.78, 5) is 3.97. The Morgan fingerprint density at radius 1 is 1.31 bits per heavy atom. The average molecular weight is 195 g/mol. The molecule has 0 saturated carbocycles. The molecule has 1 aromatic heterocycles. The van der Waals surface area contributed by atoms with Crippen molar-refractivity contribution in [1.29, 1.82) is 0 Å². The molecule has 0 bridgehead atoms. The van der Waals surface area contributed by atoms with Gasteiger partial charge in [0.1, 0.15) is 12.0 Å². The first-order valence-corrected chi connectivity index (χ1v) is 4.11. The highest BCUT2D eigenvalue weighted by molar-refractivity contribution is 6.33. The first-order valence-electron chi connectivity index (χ1n) is 3.73. The standard InChI is InChI=1S/C9H7ClN2O/c10-7-4-2-1-3-6(7)8-5-13-9(11)12-8/h1-5H,(H2,11,12). The van der Waals surface area contributed by atoms with Crippen molar-refractivity contribution in [2.75, 3.05) is 5.73 Å². The molecule has 0 aliphatic rings. The number of hydrogen-bond donors (Lipinski definition) is 1. The zero-order valence-electron chi connectivity index (χ0n) is 6.70. The monoisotopic (exact) mass is 194 g/mol. The van der Waals surface area contributed by atoms with Crippen LogP contribution in [-0.2, 0) is 0 Å². The van der Waals surface area contributed by atoms with Crippen LogP contribution in [-0.4, -0.2) is 4.98 Å². The summed E-state index contributed by atoms with van der Waals surface area (Å²) in [5, 5.41) is 0.635. The SMILES string of the molecule is Nc1nc(-c2ccccc2Cl)co1. The van der Waals surface area contributed by atoms with Gasteiger partial charge in [-0.1, -0.05) is 29.8 Å². The van der Waals surface area contributed by atoms with Crippen LogP contribution in [0.25, 0.3) is 11.3 Å². The summed E-state index contributed by atoms with van der Waals surface area (Å²) in [5.41, 5.74) is 6.82. The Kier molecular flexibility index (Phi) is 1.94. The van der Waals surface area contributed by atoms with Gasteiger partial charge in [0, 0.05) is 5.56 Å². The lowest BCUT2D eigenvalue weighted by Crippen LogP contribution is -1.83. The van der Waals surface area contributed by atoms with Crippen molar-refractivity contribution in [3.05, 3.63) is 35.6 Å². The smallest absolute Gasteiger partial charge is 0.292 e. The van der Waals surface area contributed by atoms with Crippen LogP contribution >= 0.6 is 11.6 Å². The molecule has 1 aromatic carbocycles. The van der Waals surface area contributed by atoms with Gasteiger partial charge in [-0.05, 0) is 6.07 Å². The highest BCUT2D eigenvalue weighted by Gasteiger charge is 2.06. The van der Waals surface area contributed by atoms with E-state index >= 15 is 0 Å². The zero-order valence-corrected chi connectivity index (χ0v) is 7.45. The summed E-state index contributed by atoms with van der Waals surface area (Å²) < 4.78 is 4.88. The molecular formula is C9H7ClN2O. The Bertz CT molecular complexity index is 425. The van der Waals surface area contributed by atoms with Gasteiger partial charge in [-0.3, -0.25) is 0 Å². The maximum absolute atomic E-state index is 5.95. The van der Waals surface area contributed by atoms with Crippen LogP contribution in [0, 0.1) is 0 Å². The molecule has 66 valence electrons. The molecular weight excluding hydrogens is 188 g/mol. The second kappa shape index (κ2) is 3.11. The number of oxazole rings is 1. The molecule has 0 atom stereocenters. The Morgan fingerprint density at radius 3 is 2.69 bits per heavy atom. The highest BCUT2D eigenvalue weighted by Crippen LogP contribution is 2.26. The molecule has 0 unspecified atom stereocenters. The predicted octanol–water partition coefficient (Wildman–Crippen LogP) is 2.58. The lowest BCUT2D eigenvalue weighted by atomic mass is 10.2. The van der Waals surface area contributed by atoms with Crippen molar-refractivity contribution in [3.8, 4) is 11.3 Å². The number of nitrogens with zero attached hydrogens (tertiary/aromatic N) is 1. The summed E-state index contributed by atoms with van der Waals surface area (Å²) in [6, 6.07) is 7.54. The summed E-state index contributed by atoms with van der Waals surface area (Å²) in [7, 11) is 0. The third-order valence-corrected chi connectivity index (χ3v) is 2.00. The molecule has 0 saturated heterocycles. The van der Waals surface area contributed by atoms with Gasteiger partial charge in [-0.15, -0.1) is 0 Å². The lowest BCUT2D eigenvalue weighted by molar-refractivity contribution is 0.581. The fourth-order valence-electron chi connectivity index (χ4n) is 1.08. The Labute approximate surface area is 80.1 Å². The number of halogens is 1. The van der Waals surface area contributed by atoms with E-state index in [1.807, 2.05) is 18.2 Å². The van der Waals surface area contributed by atoms with Crippen molar-refractivity contribution in [1.82, 2.24) is 4.98 Å². The van der Waals surface area contributed by atoms with Crippen LogP contribution in [0.15, 0.2) is 34.9 Å². The number of rotatable bonds is 1. The van der Waals surface area contributed by atoms with Crippen molar-refractivity contribution in [2.45, 2.75) is 0 Å². The van der Waals surface area contributed by atoms with Gasteiger partial charge in [0.2, 0.25) is 0 Å². The predicted molar refractivity (Wildman–Crippen MR) is 51.4 cm³/mol. The number of nitrogen functional groups attached to an aromatic ring is 1. The van der Waals surface area contributed by atoms with Crippen molar-refractivity contribution >= 4 is 17.6 Å². The topological polar surface area (TPSA) is 52.0 Å². The zero-order chi connectivity index (χ0) is 9.26. The van der Waals surface area contributed by atoms with Gasteiger partial charge in [0.05, 0.1) is 5.02 Å². The fourth-order valence-corrected chi connectivity index (χ4v) is 1.31. The van der Waals surface area contributed by atoms with Crippen LogP contribution in [0.2, 0.25) is 5.02 Å². The first kappa shape index (κ1) is 8.13. The number of nitrogens with two attached hydrogens (primary N) is 1. The largest absolute Gasteiger partial charge is 0.432 e. The third-order valence-electron chi connectivity index (χ3n) is 1.67. The fraction of sp³-hybridized carbons (Fsp3) is 0. The summed E-state index contributed by atoms with van der Waals surface area (Å²) >= 11 is 5.95. The van der Waals surface area contributed by atoms with Gasteiger partial charge in [0.25, 0.3) is 6.01 Å². The normalized spacial score (nSPS) is 10.2. The second-order valence-corrected chi connectivity index (χ2v) is 2.96. The Balaban J connectivity index is 2.52. The molecule has 13 heavy (non-hydrogen) atoms. The molecule has 0 amide bonds. The number of aromatic nitrogens is 1. The van der Waals surface area contributed by atoms with Crippen molar-refractivity contribution < 1.29 is 4.42 Å². The number of anilines is 1. The van der Waals surface area contributed by atoms with Crippen LogP contribution in [0.4, 0.5) is 6.01 Å². The minimum Gasteiger partial charge on any atom is -0.432 e. The summed E-state index contributed by atoms with van der Waals surface area (Å²) in [6.45, 7) is 0. The first-order chi connectivity index (χ1) is 6.27. The van der Waals surface area contributed by atoms with E-state index in [2.05, 4.69) is 4.98 Å². The average Bonchev–Trinajstić information content (AvgIpc) is 2.53. The van der Waals surface area contributed by atoms with Crippen LogP contribution < -0.4 is 5.73 Å². The van der Waals surface area contributed by atoms with Crippen molar-refractivity contribution in [3.63, 3.8) is 0 Å². The van der Waals surface area contributed by atoms with E-state index in [0.717, 1.165) is 5.56 Å². The van der Waals surface area contributed by atoms with Crippen LogP contribution in [0.3, 0.4) is 0 Å². The third kappa shape index (κ3) is 1.51. The van der Waals surface area contributed by atoms with Gasteiger partial charge >= 0.3 is 0 Å². The molecule has 1 heterocycles. The van der Waals surface area contributed by atoms with E-state index in [4.69, 9.17) is 21.8 Å². The quantitative estimate of drug-likeness (QED) is 0.759. The van der Waals surface area contributed by atoms with E-state index in [9.17, 15) is 0 Å². The summed E-state index contributed by atoms with van der Waals surface area (Å²) in [5.74, 6) is 0. The van der Waals surface area contributed by atoms with Crippen LogP contribution in [0.5, 0.6) is 0 Å². The van der Waals surface area contributed by atoms with Gasteiger partial charge < -0.3 is 10.2 Å². The van der Waals surface area contributed by atoms with E-state index in [1.54, 1.807) is 6.07 Å². The number of benzene rings is 1. The highest BCUT2D eigenvalue weighted by atomic mass is 35.5. The number of hydrogen-bond acceptors (Lipinski definition) is 3. The van der Waals surface area contributed by atoms with E-state index < -0.39 is 0 Å². The van der Waals surface area contributed by atoms with Gasteiger partial charge in [-0.2, -0.15) is 4.98 Å². The molecule has 0 radical (unpaired) electrons. The Hall–Kier alpha value is -1.48. The molecule has 0 spiro atoms. The Morgan fingerprint density at radius 2 is 2.08 bits per heavy atom. The lowest BCUT2D eigenvalue weighted by Gasteiger charge is -1.96. The van der Waals surface area contributed by atoms with E-state index in [0.29, 0.717) is 10.7 Å². The minimum absolute atomic E-state index is 0.148. The molecule has 3 nitrogen and oxygen atoms in total. The molecule has 0 aliphatic carbocycles. The van der Waals surface area contributed by atoms with Crippen LogP contribution in [0.1, 0.15) is 0 Å². The van der Waals surface area contributed by atoms with E-state index in [-0.39, 0.29) is 6.01 Å². The maximum atomic E-state index is 5.95. The molecule has 4 heteroatoms. The van der Waals surface area contributed by atoms with Gasteiger partial charge in [-0.25, -0.2) is 0 Å². The maximum Gasteiger partial charge on any atom is 0.292 e. The minimum atomic E-state index is 0.148. The molecule has 0 fully saturated rings. The van der Waals surface area contributed by atoms with Crippen molar-refractivity contribution in [2.24, 2.45) is 0 Å². The molecule has 2 aromatic rings. The molecule has 2 rings (SSSR count). The summed E-state index contributed by atoms with van der Waals surface area (Å²) in [6.07, 6.45) is 1.48. The van der Waals surface area contributed by atoms with E-state index in [1.165, 1.54) is 6.26 Å². The van der Waals surface area contributed by atoms with Gasteiger partial charge in [0.15, 0.2) is 0 Å². The molecule has 2 N–H and O–H groups in total. The second-order valence-electron chi connectivity index (χ2n) is 2.55.